The fraction of sp³-hybridized carbons (Fsp3) is 0.125. The average molecular weight is 281 g/mol. The third-order valence-electron chi connectivity index (χ3n) is 3.37. The second-order valence-electron chi connectivity index (χ2n) is 5.00. The van der Waals surface area contributed by atoms with Crippen molar-refractivity contribution < 1.29 is 9.90 Å². The van der Waals surface area contributed by atoms with Crippen LogP contribution in [0.4, 0.5) is 0 Å². The Balaban J connectivity index is 1.80. The molecule has 0 aliphatic carbocycles. The minimum absolute atomic E-state index is 0.0742. The van der Waals surface area contributed by atoms with Crippen molar-refractivity contribution in [2.75, 3.05) is 7.05 Å². The van der Waals surface area contributed by atoms with Crippen LogP contribution in [0.25, 0.3) is 10.9 Å². The summed E-state index contributed by atoms with van der Waals surface area (Å²) in [7, 11) is 1.74. The number of carbonyl (C=O) groups is 1. The highest BCUT2D eigenvalue weighted by Crippen LogP contribution is 2.16. The molecule has 0 atom stereocenters. The first kappa shape index (κ1) is 13.2. The highest BCUT2D eigenvalue weighted by molar-refractivity contribution is 5.97. The quantitative estimate of drug-likeness (QED) is 0.775. The van der Waals surface area contributed by atoms with Crippen molar-refractivity contribution in [1.82, 2.24) is 15.1 Å². The first-order chi connectivity index (χ1) is 10.1. The van der Waals surface area contributed by atoms with Gasteiger partial charge in [0.1, 0.15) is 5.75 Å². The minimum atomic E-state index is -0.0742. The number of nitrogens with zero attached hydrogens (tertiary/aromatic N) is 2. The standard InChI is InChI=1S/C16H15N3O2/c1-19(10-11-3-2-4-14(20)7-11)16(21)12-5-6-13-9-17-18-15(13)8-12/h2-9,20H,10H2,1H3,(H,17,18). The highest BCUT2D eigenvalue weighted by atomic mass is 16.3. The summed E-state index contributed by atoms with van der Waals surface area (Å²) in [5, 5.41) is 17.2. The second-order valence-corrected chi connectivity index (χ2v) is 5.00. The number of benzene rings is 2. The van der Waals surface area contributed by atoms with E-state index in [4.69, 9.17) is 0 Å². The largest absolute Gasteiger partial charge is 0.508 e. The molecule has 21 heavy (non-hydrogen) atoms. The average Bonchev–Trinajstić information content (AvgIpc) is 2.93. The SMILES string of the molecule is CN(Cc1cccc(O)c1)C(=O)c1ccc2cn[nH]c2c1. The molecule has 5 heteroatoms. The zero-order valence-corrected chi connectivity index (χ0v) is 11.6. The van der Waals surface area contributed by atoms with Crippen molar-refractivity contribution in [3.05, 3.63) is 59.8 Å². The number of fused-ring (bicyclic) bond motifs is 1. The van der Waals surface area contributed by atoms with Crippen molar-refractivity contribution >= 4 is 16.8 Å². The summed E-state index contributed by atoms with van der Waals surface area (Å²) in [6, 6.07) is 12.4. The summed E-state index contributed by atoms with van der Waals surface area (Å²) in [6.07, 6.45) is 1.72. The lowest BCUT2D eigenvalue weighted by atomic mass is 10.1. The fourth-order valence-electron chi connectivity index (χ4n) is 2.29. The Labute approximate surface area is 121 Å². The van der Waals surface area contributed by atoms with Crippen molar-refractivity contribution in [1.29, 1.82) is 0 Å². The molecule has 0 saturated heterocycles. The van der Waals surface area contributed by atoms with Crippen LogP contribution in [0.15, 0.2) is 48.7 Å². The number of aromatic nitrogens is 2. The maximum absolute atomic E-state index is 12.4. The number of hydrogen-bond acceptors (Lipinski definition) is 3. The number of rotatable bonds is 3. The number of carbonyl (C=O) groups excluding carboxylic acids is 1. The van der Waals surface area contributed by atoms with Crippen LogP contribution in [0, 0.1) is 0 Å². The molecule has 3 aromatic rings. The van der Waals surface area contributed by atoms with E-state index in [9.17, 15) is 9.90 Å². The lowest BCUT2D eigenvalue weighted by Gasteiger charge is -2.17. The first-order valence-electron chi connectivity index (χ1n) is 6.60. The van der Waals surface area contributed by atoms with Crippen LogP contribution < -0.4 is 0 Å². The number of hydrogen-bond donors (Lipinski definition) is 2. The Morgan fingerprint density at radius 3 is 2.95 bits per heavy atom. The van der Waals surface area contributed by atoms with Gasteiger partial charge in [-0.05, 0) is 29.8 Å². The third-order valence-corrected chi connectivity index (χ3v) is 3.37. The number of H-pyrrole nitrogens is 1. The molecular formula is C16H15N3O2. The first-order valence-corrected chi connectivity index (χ1v) is 6.60. The summed E-state index contributed by atoms with van der Waals surface area (Å²) in [5.74, 6) is 0.127. The number of nitrogens with one attached hydrogen (secondary N) is 1. The van der Waals surface area contributed by atoms with E-state index in [1.165, 1.54) is 0 Å². The maximum atomic E-state index is 12.4. The van der Waals surface area contributed by atoms with E-state index in [0.717, 1.165) is 16.5 Å². The number of aromatic amines is 1. The number of aromatic hydroxyl groups is 1. The molecule has 0 fully saturated rings. The molecule has 2 aromatic carbocycles. The molecule has 3 rings (SSSR count). The zero-order chi connectivity index (χ0) is 14.8. The molecule has 1 amide bonds. The molecule has 0 aliphatic heterocycles. The monoisotopic (exact) mass is 281 g/mol. The van der Waals surface area contributed by atoms with Gasteiger partial charge in [0.25, 0.3) is 5.91 Å². The van der Waals surface area contributed by atoms with Crippen LogP contribution in [-0.2, 0) is 6.54 Å². The molecule has 0 unspecified atom stereocenters. The lowest BCUT2D eigenvalue weighted by Crippen LogP contribution is -2.26. The normalized spacial score (nSPS) is 10.7. The minimum Gasteiger partial charge on any atom is -0.508 e. The molecule has 2 N–H and O–H groups in total. The fourth-order valence-corrected chi connectivity index (χ4v) is 2.29. The molecule has 1 aromatic heterocycles. The molecule has 0 spiro atoms. The molecular weight excluding hydrogens is 266 g/mol. The topological polar surface area (TPSA) is 69.2 Å². The molecule has 106 valence electrons. The van der Waals surface area contributed by atoms with Gasteiger partial charge >= 0.3 is 0 Å². The summed E-state index contributed by atoms with van der Waals surface area (Å²) in [5.41, 5.74) is 2.33. The predicted molar refractivity (Wildman–Crippen MR) is 80.0 cm³/mol. The van der Waals surface area contributed by atoms with E-state index in [1.807, 2.05) is 12.1 Å². The zero-order valence-electron chi connectivity index (χ0n) is 11.6. The summed E-state index contributed by atoms with van der Waals surface area (Å²) in [6.45, 7) is 0.439. The van der Waals surface area contributed by atoms with Crippen molar-refractivity contribution in [3.8, 4) is 5.75 Å². The van der Waals surface area contributed by atoms with E-state index >= 15 is 0 Å². The van der Waals surface area contributed by atoms with Crippen LogP contribution in [0.2, 0.25) is 0 Å². The number of phenols is 1. The van der Waals surface area contributed by atoms with Gasteiger partial charge in [-0.25, -0.2) is 0 Å². The lowest BCUT2D eigenvalue weighted by molar-refractivity contribution is 0.0785. The van der Waals surface area contributed by atoms with Gasteiger partial charge in [-0.1, -0.05) is 18.2 Å². The van der Waals surface area contributed by atoms with Gasteiger partial charge < -0.3 is 10.0 Å². The van der Waals surface area contributed by atoms with Gasteiger partial charge in [0, 0.05) is 24.5 Å². The molecule has 1 heterocycles. The number of phenolic OH excluding ortho intramolecular Hbond substituents is 1. The van der Waals surface area contributed by atoms with Crippen molar-refractivity contribution in [2.24, 2.45) is 0 Å². The van der Waals surface area contributed by atoms with Crippen LogP contribution in [0.1, 0.15) is 15.9 Å². The summed E-state index contributed by atoms with van der Waals surface area (Å²) >= 11 is 0. The van der Waals surface area contributed by atoms with Crippen LogP contribution in [-0.4, -0.2) is 33.2 Å². The van der Waals surface area contributed by atoms with E-state index in [-0.39, 0.29) is 11.7 Å². The van der Waals surface area contributed by atoms with Crippen LogP contribution in [0.3, 0.4) is 0 Å². The van der Waals surface area contributed by atoms with E-state index in [2.05, 4.69) is 10.2 Å². The Morgan fingerprint density at radius 1 is 1.29 bits per heavy atom. The van der Waals surface area contributed by atoms with Crippen molar-refractivity contribution in [2.45, 2.75) is 6.54 Å². The molecule has 0 aliphatic rings. The third kappa shape index (κ3) is 2.72. The van der Waals surface area contributed by atoms with Crippen LogP contribution >= 0.6 is 0 Å². The van der Waals surface area contributed by atoms with Crippen LogP contribution in [0.5, 0.6) is 5.75 Å². The summed E-state index contributed by atoms with van der Waals surface area (Å²) in [4.78, 5) is 14.0. The Morgan fingerprint density at radius 2 is 2.14 bits per heavy atom. The smallest absolute Gasteiger partial charge is 0.253 e. The second kappa shape index (κ2) is 5.28. The van der Waals surface area contributed by atoms with Crippen molar-refractivity contribution in [3.63, 3.8) is 0 Å². The molecule has 0 bridgehead atoms. The van der Waals surface area contributed by atoms with E-state index in [1.54, 1.807) is 48.5 Å². The molecule has 0 radical (unpaired) electrons. The number of amides is 1. The molecule has 5 nitrogen and oxygen atoms in total. The van der Waals surface area contributed by atoms with Gasteiger partial charge in [-0.3, -0.25) is 9.89 Å². The highest BCUT2D eigenvalue weighted by Gasteiger charge is 2.13. The van der Waals surface area contributed by atoms with Gasteiger partial charge in [0.2, 0.25) is 0 Å². The Hall–Kier alpha value is -2.82. The van der Waals surface area contributed by atoms with Gasteiger partial charge in [-0.15, -0.1) is 0 Å². The van der Waals surface area contributed by atoms with E-state index < -0.39 is 0 Å². The maximum Gasteiger partial charge on any atom is 0.253 e. The Kier molecular flexibility index (Phi) is 3.31. The van der Waals surface area contributed by atoms with Gasteiger partial charge in [-0.2, -0.15) is 5.10 Å². The predicted octanol–water partition coefficient (Wildman–Crippen LogP) is 2.54. The van der Waals surface area contributed by atoms with E-state index in [0.29, 0.717) is 12.1 Å². The summed E-state index contributed by atoms with van der Waals surface area (Å²) < 4.78 is 0. The Bertz CT molecular complexity index is 795. The molecule has 0 saturated carbocycles. The van der Waals surface area contributed by atoms with Gasteiger partial charge in [0.15, 0.2) is 0 Å². The van der Waals surface area contributed by atoms with Gasteiger partial charge in [0.05, 0.1) is 11.7 Å².